The molecule has 0 heteroatoms. The van der Waals surface area contributed by atoms with Gasteiger partial charge in [-0.3, -0.25) is 0 Å². The molecule has 232 valence electrons. The predicted octanol–water partition coefficient (Wildman–Crippen LogP) is 10.9. The van der Waals surface area contributed by atoms with Crippen LogP contribution in [0.2, 0.25) is 0 Å². The molecule has 0 N–H and O–H groups in total. The summed E-state index contributed by atoms with van der Waals surface area (Å²) in [6.45, 7) is 0. The zero-order valence-electron chi connectivity index (χ0n) is 27.5. The highest BCUT2D eigenvalue weighted by Crippen LogP contribution is 2.49. The number of rotatable bonds is 3. The van der Waals surface area contributed by atoms with E-state index >= 15 is 0 Å². The molecule has 0 aromatic heterocycles. The van der Waals surface area contributed by atoms with Gasteiger partial charge in [0, 0.05) is 11.8 Å². The van der Waals surface area contributed by atoms with E-state index in [4.69, 9.17) is 0 Å². The molecule has 0 nitrogen and oxygen atoms in total. The topological polar surface area (TPSA) is 0 Å². The molecule has 0 aliphatic heterocycles. The van der Waals surface area contributed by atoms with Crippen molar-refractivity contribution in [1.29, 1.82) is 0 Å². The van der Waals surface area contributed by atoms with Gasteiger partial charge in [0.2, 0.25) is 0 Å². The van der Waals surface area contributed by atoms with Crippen molar-refractivity contribution in [2.75, 3.05) is 0 Å². The Morgan fingerprint density at radius 1 is 0.417 bits per heavy atom. The number of fused-ring (bicyclic) bond motifs is 4. The minimum atomic E-state index is 0.274. The molecule has 0 heterocycles. The highest BCUT2D eigenvalue weighted by atomic mass is 14.4. The van der Waals surface area contributed by atoms with Crippen LogP contribution in [0.4, 0.5) is 0 Å². The number of benzene rings is 4. The van der Waals surface area contributed by atoms with Crippen molar-refractivity contribution in [3.63, 3.8) is 0 Å². The van der Waals surface area contributed by atoms with E-state index < -0.39 is 0 Å². The third kappa shape index (κ3) is 4.35. The minimum Gasteiger partial charge on any atom is -0.0839 e. The van der Waals surface area contributed by atoms with Crippen molar-refractivity contribution in [3.8, 4) is 0 Å². The molecule has 2 atom stereocenters. The van der Waals surface area contributed by atoms with Gasteiger partial charge in [0.05, 0.1) is 0 Å². The molecule has 4 aromatic carbocycles. The normalized spacial score (nSPS) is 22.8. The predicted molar refractivity (Wildman–Crippen MR) is 204 cm³/mol. The lowest BCUT2D eigenvalue weighted by molar-refractivity contribution is 0.678. The van der Waals surface area contributed by atoms with Gasteiger partial charge in [-0.15, -0.1) is 0 Å². The maximum atomic E-state index is 2.57. The van der Waals surface area contributed by atoms with E-state index in [0.29, 0.717) is 5.92 Å². The Labute approximate surface area is 283 Å². The lowest BCUT2D eigenvalue weighted by atomic mass is 9.67. The molecular weight excluding hydrogens is 577 g/mol. The van der Waals surface area contributed by atoms with Crippen LogP contribution in [0.1, 0.15) is 62.5 Å². The SMILES string of the molecule is C1=CC2C(C3=CC4=C(C=CCC4)CC3)=c3ccccc3=C(c3c4ccccc4c(C4=CC5=C(C=CCC5)CC4)c4ccccc34)C2C=C1. The molecule has 10 rings (SSSR count). The summed E-state index contributed by atoms with van der Waals surface area (Å²) in [6.07, 6.45) is 33.3. The second kappa shape index (κ2) is 11.3. The summed E-state index contributed by atoms with van der Waals surface area (Å²) < 4.78 is 0. The van der Waals surface area contributed by atoms with Crippen molar-refractivity contribution in [2.24, 2.45) is 11.8 Å². The number of allylic oxidation sites excluding steroid dienone is 16. The summed E-state index contributed by atoms with van der Waals surface area (Å²) in [4.78, 5) is 0. The first-order valence-corrected chi connectivity index (χ1v) is 18.1. The number of hydrogen-bond donors (Lipinski definition) is 0. The van der Waals surface area contributed by atoms with Crippen LogP contribution in [0.15, 0.2) is 161 Å². The van der Waals surface area contributed by atoms with Gasteiger partial charge in [0.25, 0.3) is 0 Å². The number of hydrogen-bond acceptors (Lipinski definition) is 0. The van der Waals surface area contributed by atoms with Gasteiger partial charge in [0.15, 0.2) is 0 Å². The first kappa shape index (κ1) is 28.1. The first-order valence-electron chi connectivity index (χ1n) is 18.1. The fraction of sp³-hybridized carbons (Fsp3) is 0.208. The Balaban J connectivity index is 1.30. The molecule has 0 spiro atoms. The fourth-order valence-electron chi connectivity index (χ4n) is 9.72. The van der Waals surface area contributed by atoms with Gasteiger partial charge in [0.1, 0.15) is 0 Å². The van der Waals surface area contributed by atoms with Gasteiger partial charge in [-0.1, -0.05) is 134 Å². The van der Waals surface area contributed by atoms with Gasteiger partial charge in [-0.25, -0.2) is 0 Å². The molecule has 0 radical (unpaired) electrons. The van der Waals surface area contributed by atoms with Crippen LogP contribution >= 0.6 is 0 Å². The Morgan fingerprint density at radius 3 is 1.50 bits per heavy atom. The van der Waals surface area contributed by atoms with Crippen LogP contribution in [-0.2, 0) is 0 Å². The quantitative estimate of drug-likeness (QED) is 0.201. The first-order chi connectivity index (χ1) is 23.8. The van der Waals surface area contributed by atoms with E-state index in [1.807, 2.05) is 0 Å². The summed E-state index contributed by atoms with van der Waals surface area (Å²) in [6, 6.07) is 27.9. The Morgan fingerprint density at radius 2 is 0.896 bits per heavy atom. The molecule has 48 heavy (non-hydrogen) atoms. The second-order valence-corrected chi connectivity index (χ2v) is 14.4. The van der Waals surface area contributed by atoms with Crippen LogP contribution < -0.4 is 10.4 Å². The lowest BCUT2D eigenvalue weighted by Gasteiger charge is -2.36. The van der Waals surface area contributed by atoms with Crippen molar-refractivity contribution in [2.45, 2.75) is 51.4 Å². The molecule has 0 bridgehead atoms. The molecule has 4 aromatic rings. The van der Waals surface area contributed by atoms with Gasteiger partial charge in [-0.05, 0) is 139 Å². The van der Waals surface area contributed by atoms with Crippen molar-refractivity contribution < 1.29 is 0 Å². The van der Waals surface area contributed by atoms with Gasteiger partial charge >= 0.3 is 0 Å². The van der Waals surface area contributed by atoms with Crippen molar-refractivity contribution in [3.05, 3.63) is 183 Å². The minimum absolute atomic E-state index is 0.274. The largest absolute Gasteiger partial charge is 0.0839 e. The third-order valence-corrected chi connectivity index (χ3v) is 11.8. The summed E-state index contributed by atoms with van der Waals surface area (Å²) in [5, 5.41) is 8.37. The summed E-state index contributed by atoms with van der Waals surface area (Å²) >= 11 is 0. The average Bonchev–Trinajstić information content (AvgIpc) is 3.16. The van der Waals surface area contributed by atoms with Crippen molar-refractivity contribution >= 4 is 38.3 Å². The monoisotopic (exact) mass is 616 g/mol. The molecule has 6 aliphatic carbocycles. The van der Waals surface area contributed by atoms with Gasteiger partial charge in [-0.2, -0.15) is 0 Å². The Kier molecular flexibility index (Phi) is 6.64. The molecule has 0 amide bonds. The van der Waals surface area contributed by atoms with Crippen LogP contribution in [0.5, 0.6) is 0 Å². The van der Waals surface area contributed by atoms with E-state index in [1.165, 1.54) is 60.7 Å². The highest BCUT2D eigenvalue weighted by Gasteiger charge is 2.35. The summed E-state index contributed by atoms with van der Waals surface area (Å²) in [7, 11) is 0. The van der Waals surface area contributed by atoms with Crippen LogP contribution in [0, 0.1) is 11.8 Å². The van der Waals surface area contributed by atoms with E-state index in [-0.39, 0.29) is 5.92 Å². The van der Waals surface area contributed by atoms with E-state index in [9.17, 15) is 0 Å². The summed E-state index contributed by atoms with van der Waals surface area (Å²) in [5.41, 5.74) is 15.1. The zero-order chi connectivity index (χ0) is 31.6. The van der Waals surface area contributed by atoms with Crippen LogP contribution in [0.25, 0.3) is 38.3 Å². The maximum absolute atomic E-state index is 2.57. The van der Waals surface area contributed by atoms with Gasteiger partial charge < -0.3 is 0 Å². The van der Waals surface area contributed by atoms with Crippen LogP contribution in [-0.4, -0.2) is 0 Å². The molecular formula is C48H40. The average molecular weight is 617 g/mol. The second-order valence-electron chi connectivity index (χ2n) is 14.4. The fourth-order valence-corrected chi connectivity index (χ4v) is 9.72. The zero-order valence-corrected chi connectivity index (χ0v) is 27.5. The Hall–Kier alpha value is -4.94. The van der Waals surface area contributed by atoms with E-state index in [1.54, 1.807) is 33.4 Å². The highest BCUT2D eigenvalue weighted by molar-refractivity contribution is 6.16. The maximum Gasteiger partial charge on any atom is 0.0138 e. The molecule has 2 unspecified atom stereocenters. The van der Waals surface area contributed by atoms with Crippen molar-refractivity contribution in [1.82, 2.24) is 0 Å². The standard InChI is InChI=1S/C48H40/c1-3-15-33-29-35(27-25-31(33)13-1)45-37-17-5-9-21-41(37)47(42-22-10-6-18-38(42)45)48-43-23-11-7-19-39(43)46(40-20-8-12-24-44(40)48)36-28-26-32-14-2-4-16-34(32)30-36/h1-2,5-14,17-24,29-30,37,41H,3-4,15-16,25-28H2. The van der Waals surface area contributed by atoms with E-state index in [0.717, 1.165) is 44.9 Å². The Bertz CT molecular complexity index is 2380. The lowest BCUT2D eigenvalue weighted by Crippen LogP contribution is -2.40. The van der Waals surface area contributed by atoms with E-state index in [2.05, 4.69) is 134 Å². The third-order valence-electron chi connectivity index (χ3n) is 11.8. The molecule has 0 saturated carbocycles. The molecule has 0 fully saturated rings. The van der Waals surface area contributed by atoms with Crippen LogP contribution in [0.3, 0.4) is 0 Å². The summed E-state index contributed by atoms with van der Waals surface area (Å²) in [5.74, 6) is 0.589. The molecule has 6 aliphatic rings. The smallest absolute Gasteiger partial charge is 0.0138 e. The molecule has 0 saturated heterocycles.